The Kier molecular flexibility index (Phi) is 14.3. The zero-order valence-corrected chi connectivity index (χ0v) is 41.5. The van der Waals surface area contributed by atoms with Crippen LogP contribution in [0.25, 0.3) is 50.7 Å². The molecule has 0 spiro atoms. The second-order valence-electron chi connectivity index (χ2n) is 19.7. The summed E-state index contributed by atoms with van der Waals surface area (Å²) in [6, 6.07) is 23.1. The number of methoxy groups -OCH3 is 1. The summed E-state index contributed by atoms with van der Waals surface area (Å²) in [5.41, 5.74) is 8.30. The van der Waals surface area contributed by atoms with E-state index in [-0.39, 0.29) is 35.7 Å². The van der Waals surface area contributed by atoms with Gasteiger partial charge in [-0.1, -0.05) is 64.1 Å². The van der Waals surface area contributed by atoms with Crippen LogP contribution in [-0.2, 0) is 14.3 Å². The predicted octanol–water partition coefficient (Wildman–Crippen LogP) is 9.32. The molecule has 0 radical (unpaired) electrons. The number of nitrogens with zero attached hydrogens (tertiary/aromatic N) is 8. The Morgan fingerprint density at radius 2 is 1.23 bits per heavy atom. The summed E-state index contributed by atoms with van der Waals surface area (Å²) in [6.45, 7) is 10.6. The zero-order valence-electron chi connectivity index (χ0n) is 41.5. The van der Waals surface area contributed by atoms with E-state index >= 15 is 0 Å². The molecule has 17 nitrogen and oxygen atoms in total. The number of rotatable bonds is 14. The van der Waals surface area contributed by atoms with Crippen LogP contribution in [0.4, 0.5) is 15.4 Å². The van der Waals surface area contributed by atoms with Crippen LogP contribution in [0.1, 0.15) is 96.4 Å². The van der Waals surface area contributed by atoms with Crippen molar-refractivity contribution in [3.63, 3.8) is 0 Å². The zero-order chi connectivity index (χ0) is 49.9. The molecule has 71 heavy (non-hydrogen) atoms. The highest BCUT2D eigenvalue weighted by Gasteiger charge is 2.40. The SMILES string of the molecule is COC(=O)N[C@H](C(=O)N1CCC[C@H]1c1ncc(-c2cccc(-c3ccc(-c4cccc(-c5cnc([C@@H]6CCCN6C(=O)[C@H](C(C)C)N(C)C(=O)O)[nH]5)c4)n3-c3ccc(N4CCCCC4)nc3)c2)[nH]1)C(C)C. The molecule has 3 aliphatic rings. The predicted molar refractivity (Wildman–Crippen MR) is 272 cm³/mol. The van der Waals surface area contributed by atoms with Gasteiger partial charge in [-0.3, -0.25) is 14.5 Å². The van der Waals surface area contributed by atoms with Crippen LogP contribution < -0.4 is 10.2 Å². The number of H-pyrrole nitrogens is 2. The quantitative estimate of drug-likeness (QED) is 0.0816. The van der Waals surface area contributed by atoms with Gasteiger partial charge in [0, 0.05) is 44.4 Å². The van der Waals surface area contributed by atoms with Crippen molar-refractivity contribution >= 4 is 29.8 Å². The van der Waals surface area contributed by atoms with Crippen molar-refractivity contribution in [1.82, 2.24) is 49.5 Å². The van der Waals surface area contributed by atoms with Crippen molar-refractivity contribution in [3.05, 3.63) is 103 Å². The van der Waals surface area contributed by atoms with Crippen LogP contribution in [0, 0.1) is 11.8 Å². The summed E-state index contributed by atoms with van der Waals surface area (Å²) in [5, 5.41) is 12.5. The lowest BCUT2D eigenvalue weighted by Crippen LogP contribution is -2.51. The number of ether oxygens (including phenoxy) is 1. The van der Waals surface area contributed by atoms with Gasteiger partial charge in [0.2, 0.25) is 11.8 Å². The summed E-state index contributed by atoms with van der Waals surface area (Å²) in [5.74, 6) is 1.64. The van der Waals surface area contributed by atoms with Crippen LogP contribution in [0.15, 0.2) is 91.4 Å². The highest BCUT2D eigenvalue weighted by Crippen LogP contribution is 2.38. The molecule has 9 rings (SSSR count). The maximum absolute atomic E-state index is 13.9. The number of piperidine rings is 1. The Hall–Kier alpha value is -7.43. The van der Waals surface area contributed by atoms with E-state index in [2.05, 4.69) is 79.3 Å². The standard InChI is InChI=1S/C54H65N11O6/c1-33(2)47(60-53(68)71-6)51(66)63-26-12-18-44(63)49-56-31-40(58-49)35-14-10-16-37(28-35)42-21-22-43(65(42)39-20-23-46(55-30-39)62-24-8-7-9-25-62)38-17-11-15-36(29-38)41-32-57-50(59-41)45-19-13-27-64(45)52(67)48(34(3)4)61(5)54(69)70/h10-11,14-17,20-23,28-34,44-45,47-48H,7-9,12-13,18-19,24-27H2,1-6H3,(H,56,58)(H,57,59)(H,60,68)(H,69,70)/t44-,45-,47-,48-/m0/s1. The number of carbonyl (C=O) groups excluding carboxylic acids is 3. The van der Waals surface area contributed by atoms with Gasteiger partial charge >= 0.3 is 12.2 Å². The molecule has 4 amide bonds. The van der Waals surface area contributed by atoms with E-state index in [1.54, 1.807) is 4.90 Å². The second kappa shape index (κ2) is 20.9. The average molecular weight is 964 g/mol. The van der Waals surface area contributed by atoms with Gasteiger partial charge < -0.3 is 44.4 Å². The van der Waals surface area contributed by atoms with Gasteiger partial charge in [0.25, 0.3) is 0 Å². The highest BCUT2D eigenvalue weighted by molar-refractivity contribution is 5.87. The maximum atomic E-state index is 13.9. The minimum absolute atomic E-state index is 0.136. The molecule has 0 bridgehead atoms. The van der Waals surface area contributed by atoms with Gasteiger partial charge in [-0.25, -0.2) is 24.5 Å². The van der Waals surface area contributed by atoms with Crippen molar-refractivity contribution in [3.8, 4) is 50.7 Å². The molecule has 3 fully saturated rings. The van der Waals surface area contributed by atoms with Crippen LogP contribution in [-0.4, -0.2) is 126 Å². The normalized spacial score (nSPS) is 18.0. The number of aromatic nitrogens is 6. The van der Waals surface area contributed by atoms with Crippen molar-refractivity contribution in [2.45, 2.75) is 96.8 Å². The number of amides is 4. The van der Waals surface area contributed by atoms with E-state index in [1.807, 2.05) is 69.4 Å². The fraction of sp³-hybridized carbons (Fsp3) is 0.426. The number of carboxylic acid groups (broad SMARTS) is 1. The molecule has 0 saturated carbocycles. The van der Waals surface area contributed by atoms with Crippen molar-refractivity contribution in [2.24, 2.45) is 11.8 Å². The largest absolute Gasteiger partial charge is 0.465 e. The van der Waals surface area contributed by atoms with E-state index in [0.717, 1.165) is 113 Å². The Balaban J connectivity index is 1.02. The lowest BCUT2D eigenvalue weighted by molar-refractivity contribution is -0.138. The Morgan fingerprint density at radius 3 is 1.72 bits per heavy atom. The van der Waals surface area contributed by atoms with Crippen LogP contribution in [0.3, 0.4) is 0 Å². The molecule has 17 heteroatoms. The van der Waals surface area contributed by atoms with E-state index < -0.39 is 24.3 Å². The number of likely N-dealkylation sites (N-methyl/N-ethyl adjacent to an activating group) is 1. The Bertz CT molecular complexity index is 2860. The maximum Gasteiger partial charge on any atom is 0.407 e. The first-order chi connectivity index (χ1) is 34.3. The summed E-state index contributed by atoms with van der Waals surface area (Å²) >= 11 is 0. The summed E-state index contributed by atoms with van der Waals surface area (Å²) < 4.78 is 7.08. The molecule has 0 unspecified atom stereocenters. The Labute approximate surface area is 414 Å². The summed E-state index contributed by atoms with van der Waals surface area (Å²) in [6.07, 6.45) is 10.5. The highest BCUT2D eigenvalue weighted by atomic mass is 16.5. The lowest BCUT2D eigenvalue weighted by atomic mass is 10.0. The first-order valence-corrected chi connectivity index (χ1v) is 25.0. The summed E-state index contributed by atoms with van der Waals surface area (Å²) in [7, 11) is 2.75. The van der Waals surface area contributed by atoms with Gasteiger partial charge in [0.15, 0.2) is 0 Å². The number of likely N-dealkylation sites (tertiary alicyclic amines) is 2. The summed E-state index contributed by atoms with van der Waals surface area (Å²) in [4.78, 5) is 80.7. The van der Waals surface area contributed by atoms with Crippen molar-refractivity contribution in [1.29, 1.82) is 0 Å². The van der Waals surface area contributed by atoms with Crippen molar-refractivity contribution in [2.75, 3.05) is 45.2 Å². The average Bonchev–Trinajstić information content (AvgIpc) is 4.25. The van der Waals surface area contributed by atoms with E-state index in [9.17, 15) is 24.3 Å². The number of anilines is 1. The fourth-order valence-corrected chi connectivity index (χ4v) is 10.7. The number of alkyl carbamates (subject to hydrolysis) is 1. The topological polar surface area (TPSA) is 198 Å². The molecular weight excluding hydrogens is 899 g/mol. The molecule has 6 aromatic rings. The van der Waals surface area contributed by atoms with E-state index in [1.165, 1.54) is 20.6 Å². The number of hydrogen-bond acceptors (Lipinski definition) is 9. The van der Waals surface area contributed by atoms with Gasteiger partial charge in [-0.15, -0.1) is 0 Å². The molecular formula is C54H65N11O6. The monoisotopic (exact) mass is 964 g/mol. The van der Waals surface area contributed by atoms with Gasteiger partial charge in [0.1, 0.15) is 29.6 Å². The third kappa shape index (κ3) is 9.99. The van der Waals surface area contributed by atoms with E-state index in [4.69, 9.17) is 19.7 Å². The number of nitrogens with one attached hydrogen (secondary N) is 3. The van der Waals surface area contributed by atoms with Crippen molar-refractivity contribution < 1.29 is 29.0 Å². The third-order valence-electron chi connectivity index (χ3n) is 14.4. The smallest absolute Gasteiger partial charge is 0.407 e. The van der Waals surface area contributed by atoms with Gasteiger partial charge in [-0.2, -0.15) is 0 Å². The number of benzene rings is 2. The molecule has 3 saturated heterocycles. The minimum atomic E-state index is -1.13. The van der Waals surface area contributed by atoms with Crippen LogP contribution in [0.5, 0.6) is 0 Å². The second-order valence-corrected chi connectivity index (χ2v) is 19.7. The number of imidazole rings is 2. The molecule has 2 aromatic carbocycles. The van der Waals surface area contributed by atoms with E-state index in [0.29, 0.717) is 24.7 Å². The number of hydrogen-bond donors (Lipinski definition) is 4. The fourth-order valence-electron chi connectivity index (χ4n) is 10.7. The molecule has 3 aliphatic heterocycles. The Morgan fingerprint density at radius 1 is 0.676 bits per heavy atom. The molecule has 4 atom stereocenters. The van der Waals surface area contributed by atoms with Crippen LogP contribution >= 0.6 is 0 Å². The minimum Gasteiger partial charge on any atom is -0.465 e. The number of pyridine rings is 1. The van der Waals surface area contributed by atoms with Gasteiger partial charge in [0.05, 0.1) is 66.2 Å². The molecule has 4 aromatic heterocycles. The lowest BCUT2D eigenvalue weighted by Gasteiger charge is -2.33. The molecule has 0 aliphatic carbocycles. The first kappa shape index (κ1) is 48.6. The number of carbonyl (C=O) groups is 4. The van der Waals surface area contributed by atoms with Gasteiger partial charge in [-0.05, 0) is 104 Å². The third-order valence-corrected chi connectivity index (χ3v) is 14.4. The first-order valence-electron chi connectivity index (χ1n) is 25.0. The number of aromatic amines is 2. The molecule has 372 valence electrons. The molecule has 4 N–H and O–H groups in total. The molecule has 7 heterocycles. The van der Waals surface area contributed by atoms with Crippen LogP contribution in [0.2, 0.25) is 0 Å².